The van der Waals surface area contributed by atoms with Crippen LogP contribution in [0.1, 0.15) is 39.7 Å². The molecule has 0 bridgehead atoms. The molecule has 1 aromatic rings. The maximum atomic E-state index is 12.3. The highest BCUT2D eigenvalue weighted by atomic mass is 35.5. The van der Waals surface area contributed by atoms with Gasteiger partial charge in [0, 0.05) is 5.02 Å². The lowest BCUT2D eigenvalue weighted by atomic mass is 9.90. The zero-order valence-electron chi connectivity index (χ0n) is 12.0. The number of halogens is 1. The molecule has 1 aromatic carbocycles. The van der Waals surface area contributed by atoms with Gasteiger partial charge in [0.1, 0.15) is 0 Å². The maximum Gasteiger partial charge on any atom is 0.0978 e. The van der Waals surface area contributed by atoms with Crippen LogP contribution in [0, 0.1) is 0 Å². The van der Waals surface area contributed by atoms with E-state index in [4.69, 9.17) is 11.6 Å². The van der Waals surface area contributed by atoms with E-state index >= 15 is 0 Å². The third-order valence-corrected chi connectivity index (χ3v) is 4.91. The Morgan fingerprint density at radius 1 is 1.26 bits per heavy atom. The van der Waals surface area contributed by atoms with Crippen molar-refractivity contribution in [2.75, 3.05) is 0 Å². The highest BCUT2D eigenvalue weighted by molar-refractivity contribution is 7.84. The molecule has 0 heterocycles. The fraction of sp³-hybridized carbons (Fsp3) is 0.467. The second-order valence-corrected chi connectivity index (χ2v) is 8.22. The number of rotatable bonds is 5. The summed E-state index contributed by atoms with van der Waals surface area (Å²) in [6.07, 6.45) is 2.53. The van der Waals surface area contributed by atoms with E-state index in [-0.39, 0.29) is 4.75 Å². The molecule has 2 atom stereocenters. The Hall–Kier alpha value is -0.640. The first kappa shape index (κ1) is 16.4. The Bertz CT molecular complexity index is 464. The zero-order valence-corrected chi connectivity index (χ0v) is 13.6. The standard InChI is InChI=1S/C15H22ClNOS/c1-6-11-15(5,17-19(18)14(2,3)4)12-7-9-13(16)10-8-12/h6-10,17H,1,11H2,2-5H3/t15-,19?/m0/s1. The van der Waals surface area contributed by atoms with Gasteiger partial charge in [-0.1, -0.05) is 29.8 Å². The van der Waals surface area contributed by atoms with Crippen molar-refractivity contribution in [2.45, 2.75) is 44.4 Å². The third kappa shape index (κ3) is 4.44. The van der Waals surface area contributed by atoms with Crippen LogP contribution in [0.25, 0.3) is 0 Å². The number of benzene rings is 1. The van der Waals surface area contributed by atoms with Gasteiger partial charge in [0.25, 0.3) is 0 Å². The molecule has 1 N–H and O–H groups in total. The minimum atomic E-state index is -1.14. The van der Waals surface area contributed by atoms with E-state index in [1.54, 1.807) is 0 Å². The van der Waals surface area contributed by atoms with Gasteiger partial charge in [-0.25, -0.2) is 8.93 Å². The third-order valence-electron chi connectivity index (χ3n) is 2.91. The smallest absolute Gasteiger partial charge is 0.0978 e. The van der Waals surface area contributed by atoms with Crippen LogP contribution in [-0.4, -0.2) is 8.96 Å². The van der Waals surface area contributed by atoms with E-state index in [1.807, 2.05) is 58.0 Å². The maximum absolute atomic E-state index is 12.3. The summed E-state index contributed by atoms with van der Waals surface area (Å²) in [5.74, 6) is 0. The fourth-order valence-electron chi connectivity index (χ4n) is 1.68. The van der Waals surface area contributed by atoms with Crippen LogP contribution in [0.2, 0.25) is 5.02 Å². The molecule has 0 aromatic heterocycles. The van der Waals surface area contributed by atoms with E-state index in [1.165, 1.54) is 0 Å². The van der Waals surface area contributed by atoms with Crippen molar-refractivity contribution in [1.82, 2.24) is 4.72 Å². The summed E-state index contributed by atoms with van der Waals surface area (Å²) >= 11 is 5.92. The molecule has 2 nitrogen and oxygen atoms in total. The van der Waals surface area contributed by atoms with E-state index in [0.717, 1.165) is 5.56 Å². The van der Waals surface area contributed by atoms with Gasteiger partial charge in [0.15, 0.2) is 0 Å². The first-order chi connectivity index (χ1) is 8.69. The number of nitrogens with one attached hydrogen (secondary N) is 1. The summed E-state index contributed by atoms with van der Waals surface area (Å²) in [5.41, 5.74) is 0.638. The van der Waals surface area contributed by atoms with Crippen LogP contribution >= 0.6 is 11.6 Å². The molecule has 19 heavy (non-hydrogen) atoms. The summed E-state index contributed by atoms with van der Waals surface area (Å²) in [4.78, 5) is 0. The van der Waals surface area contributed by atoms with Gasteiger partial charge in [-0.3, -0.25) is 0 Å². The van der Waals surface area contributed by atoms with Crippen LogP contribution in [-0.2, 0) is 16.5 Å². The molecule has 0 fully saturated rings. The van der Waals surface area contributed by atoms with Gasteiger partial charge in [-0.15, -0.1) is 6.58 Å². The van der Waals surface area contributed by atoms with Gasteiger partial charge in [-0.05, 0) is 51.8 Å². The second kappa shape index (κ2) is 6.21. The Morgan fingerprint density at radius 3 is 2.21 bits per heavy atom. The van der Waals surface area contributed by atoms with Gasteiger partial charge in [-0.2, -0.15) is 0 Å². The van der Waals surface area contributed by atoms with E-state index < -0.39 is 16.5 Å². The predicted molar refractivity (Wildman–Crippen MR) is 84.6 cm³/mol. The molecule has 1 unspecified atom stereocenters. The minimum absolute atomic E-state index is 0.311. The molecular formula is C15H22ClNOS. The monoisotopic (exact) mass is 299 g/mol. The molecule has 4 heteroatoms. The summed E-state index contributed by atoms with van der Waals surface area (Å²) in [7, 11) is -1.14. The summed E-state index contributed by atoms with van der Waals surface area (Å²) in [6.45, 7) is 11.7. The minimum Gasteiger partial charge on any atom is -0.242 e. The average Bonchev–Trinajstić information content (AvgIpc) is 2.28. The first-order valence-corrected chi connectivity index (χ1v) is 7.78. The lowest BCUT2D eigenvalue weighted by molar-refractivity contribution is 0.446. The van der Waals surface area contributed by atoms with Gasteiger partial charge in [0.2, 0.25) is 0 Å². The van der Waals surface area contributed by atoms with E-state index in [0.29, 0.717) is 11.4 Å². The van der Waals surface area contributed by atoms with Crippen molar-refractivity contribution < 1.29 is 4.21 Å². The summed E-state index contributed by atoms with van der Waals surface area (Å²) < 4.78 is 15.3. The highest BCUT2D eigenvalue weighted by Gasteiger charge is 2.31. The molecular weight excluding hydrogens is 278 g/mol. The topological polar surface area (TPSA) is 29.1 Å². The normalized spacial score (nSPS) is 16.7. The Morgan fingerprint density at radius 2 is 1.79 bits per heavy atom. The molecule has 0 saturated heterocycles. The van der Waals surface area contributed by atoms with Crippen LogP contribution in [0.4, 0.5) is 0 Å². The first-order valence-electron chi connectivity index (χ1n) is 6.26. The fourth-order valence-corrected chi connectivity index (χ4v) is 2.73. The van der Waals surface area contributed by atoms with Crippen molar-refractivity contribution >= 4 is 22.6 Å². The van der Waals surface area contributed by atoms with Gasteiger partial charge in [0.05, 0.1) is 21.3 Å². The Labute approximate surface area is 123 Å². The molecule has 0 saturated carbocycles. The number of hydrogen-bond donors (Lipinski definition) is 1. The van der Waals surface area contributed by atoms with Crippen LogP contribution in [0.3, 0.4) is 0 Å². The van der Waals surface area contributed by atoms with Crippen LogP contribution in [0.5, 0.6) is 0 Å². The molecule has 106 valence electrons. The zero-order chi connectivity index (χ0) is 14.7. The molecule has 0 spiro atoms. The van der Waals surface area contributed by atoms with Crippen molar-refractivity contribution in [3.63, 3.8) is 0 Å². The molecule has 1 rings (SSSR count). The van der Waals surface area contributed by atoms with Crippen molar-refractivity contribution in [2.24, 2.45) is 0 Å². The Kier molecular flexibility index (Phi) is 5.36. The van der Waals surface area contributed by atoms with Gasteiger partial charge >= 0.3 is 0 Å². The quantitative estimate of drug-likeness (QED) is 0.812. The summed E-state index contributed by atoms with van der Waals surface area (Å²) in [5, 5.41) is 0.696. The lowest BCUT2D eigenvalue weighted by Crippen LogP contribution is -2.45. The molecule has 0 aliphatic heterocycles. The van der Waals surface area contributed by atoms with Crippen molar-refractivity contribution in [3.05, 3.63) is 47.5 Å². The highest BCUT2D eigenvalue weighted by Crippen LogP contribution is 2.28. The summed E-state index contributed by atoms with van der Waals surface area (Å²) in [6, 6.07) is 7.61. The second-order valence-electron chi connectivity index (χ2n) is 5.81. The molecule has 0 amide bonds. The molecule has 0 aliphatic rings. The Balaban J connectivity index is 3.06. The SMILES string of the molecule is C=CC[C@](C)(NS(=O)C(C)(C)C)c1ccc(Cl)cc1. The van der Waals surface area contributed by atoms with Crippen LogP contribution in [0.15, 0.2) is 36.9 Å². The van der Waals surface area contributed by atoms with Gasteiger partial charge < -0.3 is 0 Å². The van der Waals surface area contributed by atoms with Crippen molar-refractivity contribution in [1.29, 1.82) is 0 Å². The van der Waals surface area contributed by atoms with Crippen LogP contribution < -0.4 is 4.72 Å². The molecule has 0 aliphatic carbocycles. The largest absolute Gasteiger partial charge is 0.242 e. The molecule has 0 radical (unpaired) electrons. The average molecular weight is 300 g/mol. The van der Waals surface area contributed by atoms with E-state index in [9.17, 15) is 4.21 Å². The number of hydrogen-bond acceptors (Lipinski definition) is 1. The van der Waals surface area contributed by atoms with Crippen molar-refractivity contribution in [3.8, 4) is 0 Å². The van der Waals surface area contributed by atoms with E-state index in [2.05, 4.69) is 11.3 Å². The lowest BCUT2D eigenvalue weighted by Gasteiger charge is -2.33. The predicted octanol–water partition coefficient (Wildman–Crippen LogP) is 4.18.